The van der Waals surface area contributed by atoms with Gasteiger partial charge in [-0.1, -0.05) is 53.5 Å². The van der Waals surface area contributed by atoms with E-state index in [9.17, 15) is 9.59 Å². The average molecular weight is 1860 g/mol. The maximum Gasteiger partial charge on any atom is 0.201 e. The number of hydrogen-bond donors (Lipinski definition) is 3. The molecule has 0 bridgehead atoms. The number of ether oxygens (including phenoxy) is 5. The summed E-state index contributed by atoms with van der Waals surface area (Å²) >= 11 is 20.2. The Hall–Kier alpha value is -8.15. The lowest BCUT2D eigenvalue weighted by molar-refractivity contribution is 0.120. The number of para-hydroxylation sites is 3. The van der Waals surface area contributed by atoms with E-state index < -0.39 is 0 Å². The van der Waals surface area contributed by atoms with Crippen molar-refractivity contribution < 1.29 is 32.5 Å². The summed E-state index contributed by atoms with van der Waals surface area (Å²) in [6, 6.07) is 42.5. The standard InChI is InChI=1S/C31H33N5O4S.C22H23BrN4OS.C12H6BrIOS.C10H18N4.C9H10ClNO3/c1-20-18-33-25(19-32-20)24(9-10-35(2)3)34-21-7-8-26-29(15-21)41-28-6-4-5-23(31(28)40-26)27-16-22(37)17-30(39-27)36-11-13-38-14-12-36;1-14-12-25-18(13-24-14)17(9-10-27(2)3)26-15-7-8-19-21(11-15)29-20-6-4-5-16(23)22(20)28-19;13-8-2-1-3-10-12(8)15-9-5-4-7(14)6-11(9)16-10;1-8-6-13-10(7-12-8)9(11)4-5-14(2)3;10-8-5-7(12)6-9(14-8)11-1-3-13-4-2-11/h4-8,15-19,24,34H,9-14H2,1-3H3;4-8,11-13,17,26H,9-10H2,1-3H3;1-6H;6-7,9H,4-5,11H2,1-3H3;5-6H,1-4H2. The first-order valence-corrected chi connectivity index (χ1v) is 42.6. The van der Waals surface area contributed by atoms with Crippen LogP contribution in [0, 0.1) is 24.3 Å². The highest BCUT2D eigenvalue weighted by Gasteiger charge is 2.28. The molecule has 23 nitrogen and oxygen atoms in total. The summed E-state index contributed by atoms with van der Waals surface area (Å²) in [7, 11) is 12.4. The second-order valence-electron chi connectivity index (χ2n) is 27.9. The number of morpholine rings is 2. The molecule has 16 rings (SSSR count). The second-order valence-corrected chi connectivity index (χ2v) is 34.5. The molecule has 4 N–H and O–H groups in total. The van der Waals surface area contributed by atoms with Crippen LogP contribution in [-0.4, -0.2) is 159 Å². The van der Waals surface area contributed by atoms with Crippen LogP contribution in [-0.2, 0) is 9.47 Å². The first-order valence-electron chi connectivity index (χ1n) is 37.1. The van der Waals surface area contributed by atoms with Gasteiger partial charge in [0.05, 0.1) is 135 Å². The van der Waals surface area contributed by atoms with E-state index in [0.29, 0.717) is 62.8 Å². The molecule has 0 aliphatic carbocycles. The molecular weight excluding hydrogens is 1770 g/mol. The molecule has 0 radical (unpaired) electrons. The van der Waals surface area contributed by atoms with Gasteiger partial charge in [0.25, 0.3) is 0 Å². The fraction of sp³-hybridized carbons (Fsp3) is 0.310. The number of nitrogens with zero attached hydrogens (tertiary/aromatic N) is 11. The normalized spacial score (nSPS) is 14.4. The number of fused-ring (bicyclic) bond motifs is 6. The Labute approximate surface area is 712 Å². The molecule has 0 saturated carbocycles. The van der Waals surface area contributed by atoms with Gasteiger partial charge in [0.2, 0.25) is 5.88 Å². The van der Waals surface area contributed by atoms with Gasteiger partial charge in [0.15, 0.2) is 39.2 Å². The van der Waals surface area contributed by atoms with Gasteiger partial charge in [0.1, 0.15) is 23.0 Å². The fourth-order valence-electron chi connectivity index (χ4n) is 12.1. The first kappa shape index (κ1) is 85.2. The van der Waals surface area contributed by atoms with Gasteiger partial charge >= 0.3 is 0 Å². The molecule has 5 aromatic heterocycles. The quantitative estimate of drug-likeness (QED) is 0.0636. The van der Waals surface area contributed by atoms with Crippen molar-refractivity contribution in [3.05, 3.63) is 243 Å². The molecule has 6 aromatic carbocycles. The highest BCUT2D eigenvalue weighted by molar-refractivity contribution is 14.1. The molecule has 30 heteroatoms. The fourth-order valence-corrected chi connectivity index (χ4v) is 17.2. The number of halogens is 4. The summed E-state index contributed by atoms with van der Waals surface area (Å²) in [5.41, 5.74) is 14.0. The smallest absolute Gasteiger partial charge is 0.201 e. The summed E-state index contributed by atoms with van der Waals surface area (Å²) in [5.74, 6) is 6.61. The van der Waals surface area contributed by atoms with Crippen molar-refractivity contribution in [2.24, 2.45) is 5.73 Å². The van der Waals surface area contributed by atoms with E-state index in [2.05, 4.69) is 180 Å². The van der Waals surface area contributed by atoms with Gasteiger partial charge in [-0.25, -0.2) is 0 Å². The van der Waals surface area contributed by atoms with Gasteiger partial charge in [-0.2, -0.15) is 0 Å². The highest BCUT2D eigenvalue weighted by atomic mass is 127. The maximum absolute atomic E-state index is 12.6. The number of benzene rings is 6. The first-order chi connectivity index (χ1) is 55.0. The van der Waals surface area contributed by atoms with Crippen molar-refractivity contribution in [1.82, 2.24) is 44.6 Å². The Balaban J connectivity index is 0.000000142. The van der Waals surface area contributed by atoms with Crippen molar-refractivity contribution >= 4 is 124 Å². The van der Waals surface area contributed by atoms with E-state index in [4.69, 9.17) is 49.9 Å². The lowest BCUT2D eigenvalue weighted by atomic mass is 10.1. The Morgan fingerprint density at radius 1 is 0.482 bits per heavy atom. The van der Waals surface area contributed by atoms with E-state index in [-0.39, 0.29) is 34.2 Å². The SMILES string of the molecule is Brc1cccc2c1Oc1ccc(I)cc1S2.Cc1cnc(C(CCN(C)C)Nc2ccc3c(c2)Sc2cccc(-c4cc(=O)cc(N5CCOCC5)o4)c2O3)cn1.Cc1cnc(C(CCN(C)C)Nc2ccc3c(c2)Sc2cccc(Br)c2O3)cn1.Cc1cnc(C(N)CCN(C)C)cn1.O=c1cc(Cl)oc(N2CCOCC2)c1. The average Bonchev–Trinajstić information content (AvgIpc) is 0.770. The molecule has 11 aromatic rings. The van der Waals surface area contributed by atoms with Crippen molar-refractivity contribution in [3.63, 3.8) is 0 Å². The van der Waals surface area contributed by atoms with Gasteiger partial charge in [-0.15, -0.1) is 0 Å². The van der Waals surface area contributed by atoms with Crippen LogP contribution in [0.15, 0.2) is 227 Å². The zero-order valence-corrected chi connectivity index (χ0v) is 73.2. The van der Waals surface area contributed by atoms with Gasteiger partial charge in [0, 0.05) is 90.0 Å². The van der Waals surface area contributed by atoms with Crippen molar-refractivity contribution in [3.8, 4) is 45.8 Å². The summed E-state index contributed by atoms with van der Waals surface area (Å²) in [6.07, 6.45) is 13.6. The Morgan fingerprint density at radius 2 is 0.895 bits per heavy atom. The molecule has 10 heterocycles. The minimum absolute atomic E-state index is 0.00880. The van der Waals surface area contributed by atoms with E-state index in [0.717, 1.165) is 165 Å². The zero-order chi connectivity index (χ0) is 80.4. The molecule has 596 valence electrons. The Kier molecular flexibility index (Phi) is 30.7. The Bertz CT molecular complexity index is 5190. The molecule has 114 heavy (non-hydrogen) atoms. The lowest BCUT2D eigenvalue weighted by Crippen LogP contribution is -2.36. The molecule has 5 aliphatic rings. The van der Waals surface area contributed by atoms with Crippen molar-refractivity contribution in [1.29, 1.82) is 0 Å². The number of hydrogen-bond acceptors (Lipinski definition) is 26. The third-order valence-electron chi connectivity index (χ3n) is 18.1. The summed E-state index contributed by atoms with van der Waals surface area (Å²) in [5, 5.41) is 7.44. The van der Waals surface area contributed by atoms with Crippen LogP contribution < -0.4 is 51.2 Å². The van der Waals surface area contributed by atoms with Gasteiger partial charge in [-0.3, -0.25) is 39.5 Å². The van der Waals surface area contributed by atoms with Gasteiger partial charge < -0.3 is 73.4 Å². The van der Waals surface area contributed by atoms with Crippen molar-refractivity contribution in [2.45, 2.75) is 87.5 Å². The third-order valence-corrected chi connectivity index (χ3v) is 23.5. The van der Waals surface area contributed by atoms with Crippen LogP contribution in [0.3, 0.4) is 0 Å². The number of rotatable bonds is 19. The number of nitrogens with two attached hydrogens (primary N) is 1. The summed E-state index contributed by atoms with van der Waals surface area (Å²) < 4.78 is 43.8. The van der Waals surface area contributed by atoms with Gasteiger partial charge in [-0.05, 0) is 259 Å². The molecule has 2 saturated heterocycles. The molecule has 2 fully saturated rings. The summed E-state index contributed by atoms with van der Waals surface area (Å²) in [6.45, 7) is 14.0. The number of anilines is 4. The van der Waals surface area contributed by atoms with E-state index in [1.165, 1.54) is 32.7 Å². The molecular formula is C84H90Br2ClIN14O9S3. The number of aromatic nitrogens is 6. The minimum Gasteiger partial charge on any atom is -0.454 e. The van der Waals surface area contributed by atoms with Crippen LogP contribution in [0.5, 0.6) is 34.5 Å². The zero-order valence-electron chi connectivity index (χ0n) is 64.7. The van der Waals surface area contributed by atoms with Crippen LogP contribution in [0.2, 0.25) is 5.22 Å². The van der Waals surface area contributed by atoms with Crippen LogP contribution in [0.4, 0.5) is 23.1 Å². The van der Waals surface area contributed by atoms with E-state index in [1.807, 2.05) is 136 Å². The van der Waals surface area contributed by atoms with E-state index in [1.54, 1.807) is 47.7 Å². The summed E-state index contributed by atoms with van der Waals surface area (Å²) in [4.78, 5) is 67.3. The highest BCUT2D eigenvalue weighted by Crippen LogP contribution is 2.54. The Morgan fingerprint density at radius 3 is 1.35 bits per heavy atom. The van der Waals surface area contributed by atoms with Crippen LogP contribution in [0.25, 0.3) is 11.3 Å². The predicted octanol–water partition coefficient (Wildman–Crippen LogP) is 18.7. The molecule has 0 spiro atoms. The second kappa shape index (κ2) is 41.1. The largest absolute Gasteiger partial charge is 0.454 e. The lowest BCUT2D eigenvalue weighted by Gasteiger charge is -2.27. The molecule has 0 amide bonds. The predicted molar refractivity (Wildman–Crippen MR) is 469 cm³/mol. The minimum atomic E-state index is -0.136. The molecule has 3 atom stereocenters. The van der Waals surface area contributed by atoms with E-state index >= 15 is 0 Å². The van der Waals surface area contributed by atoms with Crippen LogP contribution >= 0.6 is 101 Å². The van der Waals surface area contributed by atoms with Crippen molar-refractivity contribution in [2.75, 3.05) is 135 Å². The monoisotopic (exact) mass is 1850 g/mol. The topological polar surface area (TPSA) is 250 Å². The maximum atomic E-state index is 12.6. The van der Waals surface area contributed by atoms with Crippen LogP contribution in [0.1, 0.15) is 71.6 Å². The number of nitrogens with one attached hydrogen (secondary N) is 2. The molecule has 5 aliphatic heterocycles. The molecule has 3 unspecified atom stereocenters. The third kappa shape index (κ3) is 24.0. The number of aryl methyl sites for hydroxylation is 3.